The van der Waals surface area contributed by atoms with Crippen molar-refractivity contribution in [1.82, 2.24) is 19.5 Å². The molecule has 2 aromatic heterocycles. The van der Waals surface area contributed by atoms with Crippen LogP contribution >= 0.6 is 11.6 Å². The number of Topliss-reactive ketones (excluding diaryl/α,β-unsaturated/α-hetero) is 1. The molecule has 0 saturated heterocycles. The van der Waals surface area contributed by atoms with Crippen molar-refractivity contribution in [3.8, 4) is 22.9 Å². The van der Waals surface area contributed by atoms with Crippen LogP contribution < -0.4 is 10.1 Å². The quantitative estimate of drug-likeness (QED) is 0.263. The maximum Gasteiger partial charge on any atom is 0.239 e. The standard InChI is InChI=1S/C28H30ClN5O2/c1-18-14-20(6-11-23(18)26(35)15-19-4-5-19)25-17-31-28-24(30-12-13-33(2)3)16-27(32-34(25)28)36-22-9-7-21(29)8-10-22/h6-11,14,16-17,19,30H,4-5,12-13,15H2,1-3H3. The van der Waals surface area contributed by atoms with Crippen LogP contribution in [-0.2, 0) is 0 Å². The number of hydrogen-bond acceptors (Lipinski definition) is 6. The predicted octanol–water partition coefficient (Wildman–Crippen LogP) is 6.11. The lowest BCUT2D eigenvalue weighted by molar-refractivity contribution is 0.0975. The number of fused-ring (bicyclic) bond motifs is 1. The second-order valence-electron chi connectivity index (χ2n) is 9.66. The Morgan fingerprint density at radius 1 is 1.17 bits per heavy atom. The Balaban J connectivity index is 1.50. The first-order valence-corrected chi connectivity index (χ1v) is 12.6. The summed E-state index contributed by atoms with van der Waals surface area (Å²) >= 11 is 6.03. The maximum atomic E-state index is 12.7. The zero-order valence-corrected chi connectivity index (χ0v) is 21.5. The lowest BCUT2D eigenvalue weighted by atomic mass is 9.98. The monoisotopic (exact) mass is 503 g/mol. The molecule has 2 aromatic carbocycles. The van der Waals surface area contributed by atoms with Gasteiger partial charge in [-0.05, 0) is 75.7 Å². The number of anilines is 1. The van der Waals surface area contributed by atoms with Gasteiger partial charge in [-0.2, -0.15) is 0 Å². The van der Waals surface area contributed by atoms with E-state index in [0.29, 0.717) is 34.6 Å². The molecule has 7 nitrogen and oxygen atoms in total. The zero-order chi connectivity index (χ0) is 25.2. The van der Waals surface area contributed by atoms with E-state index in [1.165, 1.54) is 12.8 Å². The summed E-state index contributed by atoms with van der Waals surface area (Å²) in [7, 11) is 4.07. The first-order valence-electron chi connectivity index (χ1n) is 12.2. The molecule has 186 valence electrons. The van der Waals surface area contributed by atoms with Crippen molar-refractivity contribution in [2.45, 2.75) is 26.2 Å². The fourth-order valence-corrected chi connectivity index (χ4v) is 4.32. The number of halogens is 1. The average Bonchev–Trinajstić information content (AvgIpc) is 3.55. The van der Waals surface area contributed by atoms with Gasteiger partial charge in [-0.25, -0.2) is 9.50 Å². The highest BCUT2D eigenvalue weighted by Gasteiger charge is 2.25. The lowest BCUT2D eigenvalue weighted by Crippen LogP contribution is -2.21. The molecule has 1 fully saturated rings. The molecule has 0 radical (unpaired) electrons. The number of ketones is 1. The van der Waals surface area contributed by atoms with Crippen molar-refractivity contribution in [1.29, 1.82) is 0 Å². The van der Waals surface area contributed by atoms with Crippen LogP contribution in [0.3, 0.4) is 0 Å². The number of ether oxygens (including phenoxy) is 1. The third-order valence-corrected chi connectivity index (χ3v) is 6.60. The second-order valence-corrected chi connectivity index (χ2v) is 10.1. The number of rotatable bonds is 10. The molecule has 2 heterocycles. The number of carbonyl (C=O) groups excluding carboxylic acids is 1. The first-order chi connectivity index (χ1) is 17.4. The molecule has 36 heavy (non-hydrogen) atoms. The highest BCUT2D eigenvalue weighted by molar-refractivity contribution is 6.30. The molecular formula is C28H30ClN5O2. The van der Waals surface area contributed by atoms with Gasteiger partial charge in [0.1, 0.15) is 5.75 Å². The number of nitrogens with zero attached hydrogens (tertiary/aromatic N) is 4. The van der Waals surface area contributed by atoms with E-state index in [0.717, 1.165) is 41.2 Å². The van der Waals surface area contributed by atoms with Crippen LogP contribution in [0, 0.1) is 12.8 Å². The Hall–Kier alpha value is -3.42. The topological polar surface area (TPSA) is 71.8 Å². The molecule has 0 atom stereocenters. The molecule has 0 bridgehead atoms. The summed E-state index contributed by atoms with van der Waals surface area (Å²) in [5.41, 5.74) is 5.06. The molecular weight excluding hydrogens is 474 g/mol. The van der Waals surface area contributed by atoms with Crippen molar-refractivity contribution in [3.05, 3.63) is 70.9 Å². The summed E-state index contributed by atoms with van der Waals surface area (Å²) in [5.74, 6) is 1.87. The second kappa shape index (κ2) is 10.3. The molecule has 5 rings (SSSR count). The van der Waals surface area contributed by atoms with E-state index in [-0.39, 0.29) is 5.78 Å². The summed E-state index contributed by atoms with van der Waals surface area (Å²) in [6, 6.07) is 15.0. The largest absolute Gasteiger partial charge is 0.438 e. The van der Waals surface area contributed by atoms with E-state index in [4.69, 9.17) is 21.4 Å². The minimum Gasteiger partial charge on any atom is -0.438 e. The number of hydrogen-bond donors (Lipinski definition) is 1. The summed E-state index contributed by atoms with van der Waals surface area (Å²) in [6.45, 7) is 3.60. The van der Waals surface area contributed by atoms with E-state index in [1.54, 1.807) is 16.6 Å². The van der Waals surface area contributed by atoms with Gasteiger partial charge in [0.2, 0.25) is 5.88 Å². The van der Waals surface area contributed by atoms with Crippen molar-refractivity contribution in [2.24, 2.45) is 5.92 Å². The van der Waals surface area contributed by atoms with Crippen molar-refractivity contribution >= 4 is 28.7 Å². The highest BCUT2D eigenvalue weighted by Crippen LogP contribution is 2.35. The number of imidazole rings is 1. The highest BCUT2D eigenvalue weighted by atomic mass is 35.5. The fraction of sp³-hybridized carbons (Fsp3) is 0.321. The Labute approximate surface area is 216 Å². The zero-order valence-electron chi connectivity index (χ0n) is 20.8. The third-order valence-electron chi connectivity index (χ3n) is 6.35. The number of likely N-dealkylation sites (N-methyl/N-ethyl adjacent to an activating group) is 1. The molecule has 8 heteroatoms. The number of aryl methyl sites for hydroxylation is 1. The van der Waals surface area contributed by atoms with E-state index < -0.39 is 0 Å². The Morgan fingerprint density at radius 3 is 2.64 bits per heavy atom. The minimum atomic E-state index is 0.226. The molecule has 0 spiro atoms. The van der Waals surface area contributed by atoms with Crippen molar-refractivity contribution in [2.75, 3.05) is 32.5 Å². The van der Waals surface area contributed by atoms with E-state index >= 15 is 0 Å². The summed E-state index contributed by atoms with van der Waals surface area (Å²) in [6.07, 6.45) is 4.79. The summed E-state index contributed by atoms with van der Waals surface area (Å²) in [4.78, 5) is 19.5. The first kappa shape index (κ1) is 24.3. The fourth-order valence-electron chi connectivity index (χ4n) is 4.19. The lowest BCUT2D eigenvalue weighted by Gasteiger charge is -2.14. The van der Waals surface area contributed by atoms with Crippen LogP contribution in [0.4, 0.5) is 5.69 Å². The Morgan fingerprint density at radius 2 is 1.94 bits per heavy atom. The Kier molecular flexibility index (Phi) is 6.94. The molecule has 1 aliphatic carbocycles. The van der Waals surface area contributed by atoms with Gasteiger partial charge < -0.3 is 15.0 Å². The Bertz CT molecular complexity index is 1390. The van der Waals surface area contributed by atoms with Gasteiger partial charge >= 0.3 is 0 Å². The van der Waals surface area contributed by atoms with Crippen molar-refractivity contribution in [3.63, 3.8) is 0 Å². The summed E-state index contributed by atoms with van der Waals surface area (Å²) < 4.78 is 7.87. The third kappa shape index (κ3) is 5.53. The van der Waals surface area contributed by atoms with Crippen molar-refractivity contribution < 1.29 is 9.53 Å². The number of nitrogens with one attached hydrogen (secondary N) is 1. The summed E-state index contributed by atoms with van der Waals surface area (Å²) in [5, 5.41) is 8.86. The van der Waals surface area contributed by atoms with Crippen LogP contribution in [0.1, 0.15) is 35.2 Å². The van der Waals surface area contributed by atoms with Crippen LogP contribution in [0.15, 0.2) is 54.7 Å². The van der Waals surface area contributed by atoms with Crippen LogP contribution in [0.2, 0.25) is 5.02 Å². The molecule has 0 amide bonds. The van der Waals surface area contributed by atoms with Gasteiger partial charge in [0, 0.05) is 41.7 Å². The van der Waals surface area contributed by atoms with Crippen LogP contribution in [0.5, 0.6) is 11.6 Å². The van der Waals surface area contributed by atoms with Crippen LogP contribution in [-0.4, -0.2) is 52.5 Å². The molecule has 1 saturated carbocycles. The van der Waals surface area contributed by atoms with Gasteiger partial charge in [-0.3, -0.25) is 4.79 Å². The number of aromatic nitrogens is 3. The SMILES string of the molecule is Cc1cc(-c2cnc3c(NCCN(C)C)cc(Oc4ccc(Cl)cc4)nn23)ccc1C(=O)CC1CC1. The predicted molar refractivity (Wildman–Crippen MR) is 143 cm³/mol. The van der Waals surface area contributed by atoms with Gasteiger partial charge in [0.25, 0.3) is 0 Å². The smallest absolute Gasteiger partial charge is 0.239 e. The molecule has 0 aliphatic heterocycles. The van der Waals surface area contributed by atoms with Gasteiger partial charge in [-0.1, -0.05) is 23.7 Å². The van der Waals surface area contributed by atoms with Crippen LogP contribution in [0.25, 0.3) is 16.9 Å². The molecule has 0 unspecified atom stereocenters. The minimum absolute atomic E-state index is 0.226. The van der Waals surface area contributed by atoms with E-state index in [1.807, 2.05) is 63.6 Å². The van der Waals surface area contributed by atoms with E-state index in [9.17, 15) is 4.79 Å². The van der Waals surface area contributed by atoms with E-state index in [2.05, 4.69) is 15.2 Å². The number of carbonyl (C=O) groups is 1. The normalized spacial score (nSPS) is 13.4. The van der Waals surface area contributed by atoms with Gasteiger partial charge in [0.05, 0.1) is 17.6 Å². The molecule has 1 aliphatic rings. The maximum absolute atomic E-state index is 12.7. The van der Waals surface area contributed by atoms with Gasteiger partial charge in [0.15, 0.2) is 11.4 Å². The van der Waals surface area contributed by atoms with Gasteiger partial charge in [-0.15, -0.1) is 5.10 Å². The molecule has 1 N–H and O–H groups in total. The average molecular weight is 504 g/mol. The number of benzene rings is 2. The molecule has 4 aromatic rings.